The van der Waals surface area contributed by atoms with Crippen LogP contribution in [-0.4, -0.2) is 51.7 Å². The second-order valence-corrected chi connectivity index (χ2v) is 11.4. The average Bonchev–Trinajstić information content (AvgIpc) is 3.19. The topological polar surface area (TPSA) is 94.9 Å². The Morgan fingerprint density at radius 1 is 1.00 bits per heavy atom. The summed E-state index contributed by atoms with van der Waals surface area (Å²) in [5.41, 5.74) is 1.19. The number of unbranched alkanes of at least 4 members (excludes halogenated alkanes) is 1. The van der Waals surface area contributed by atoms with Crippen LogP contribution in [0.15, 0.2) is 30.3 Å². The van der Waals surface area contributed by atoms with E-state index < -0.39 is 31.4 Å². The van der Waals surface area contributed by atoms with Gasteiger partial charge in [0.2, 0.25) is 13.3 Å². The molecule has 1 aromatic rings. The molecule has 2 fully saturated rings. The third-order valence-corrected chi connectivity index (χ3v) is 8.48. The first-order chi connectivity index (χ1) is 14.4. The van der Waals surface area contributed by atoms with E-state index in [1.54, 1.807) is 0 Å². The summed E-state index contributed by atoms with van der Waals surface area (Å²) >= 11 is 0. The number of carbonyl (C=O) groups is 2. The lowest BCUT2D eigenvalue weighted by atomic mass is 9.79. The van der Waals surface area contributed by atoms with Gasteiger partial charge in [-0.25, -0.2) is 4.79 Å². The number of carboxylic acids is 1. The van der Waals surface area contributed by atoms with Crippen molar-refractivity contribution in [1.82, 2.24) is 4.90 Å². The first-order valence-corrected chi connectivity index (χ1v) is 13.3. The van der Waals surface area contributed by atoms with Crippen LogP contribution in [0.5, 0.6) is 0 Å². The van der Waals surface area contributed by atoms with E-state index in [4.69, 9.17) is 0 Å². The molecule has 32 heavy (non-hydrogen) atoms. The van der Waals surface area contributed by atoms with E-state index in [1.165, 1.54) is 29.7 Å². The molecule has 2 N–H and O–H groups in total. The highest BCUT2D eigenvalue weighted by atomic mass is 32.1. The van der Waals surface area contributed by atoms with Gasteiger partial charge in [-0.05, 0) is 43.1 Å². The van der Waals surface area contributed by atoms with Crippen LogP contribution >= 0.6 is 34.4 Å². The third kappa shape index (κ3) is 8.44. The third-order valence-electron chi connectivity index (χ3n) is 6.70. The molecule has 1 aliphatic heterocycles. The average molecular weight is 504 g/mol. The van der Waals surface area contributed by atoms with Gasteiger partial charge in [-0.15, -0.1) is 0 Å². The maximum atomic E-state index is 12.8. The van der Waals surface area contributed by atoms with E-state index in [9.17, 15) is 24.2 Å². The van der Waals surface area contributed by atoms with Crippen LogP contribution in [-0.2, 0) is 20.6 Å². The summed E-state index contributed by atoms with van der Waals surface area (Å²) in [6.07, 6.45) is 8.08. The molecule has 1 heterocycles. The normalized spacial score (nSPS) is 23.0. The van der Waals surface area contributed by atoms with Crippen LogP contribution in [0.3, 0.4) is 0 Å². The van der Waals surface area contributed by atoms with E-state index in [1.807, 2.05) is 30.3 Å². The molecular formula is C23H38NO5PS2. The van der Waals surface area contributed by atoms with Crippen molar-refractivity contribution in [2.24, 2.45) is 11.8 Å². The molecule has 6 nitrogen and oxygen atoms in total. The summed E-state index contributed by atoms with van der Waals surface area (Å²) < 4.78 is 12.6. The summed E-state index contributed by atoms with van der Waals surface area (Å²) in [5.74, 6) is -0.816. The maximum Gasteiger partial charge on any atom is 0.326 e. The Morgan fingerprint density at radius 2 is 1.66 bits per heavy atom. The number of nitrogens with zero attached hydrogens (tertiary/aromatic N) is 1. The van der Waals surface area contributed by atoms with Gasteiger partial charge in [-0.2, -0.15) is 27.0 Å². The number of carbonyl (C=O) groups excluding carboxylic acids is 1. The monoisotopic (exact) mass is 503 g/mol. The van der Waals surface area contributed by atoms with Crippen molar-refractivity contribution in [2.75, 3.05) is 18.9 Å². The zero-order valence-electron chi connectivity index (χ0n) is 18.6. The molecule has 2 aliphatic rings. The Morgan fingerprint density at radius 3 is 2.28 bits per heavy atom. The smallest absolute Gasteiger partial charge is 0.326 e. The van der Waals surface area contributed by atoms with E-state index >= 15 is 0 Å². The first kappa shape index (κ1) is 29.1. The van der Waals surface area contributed by atoms with Crippen LogP contribution in [0.2, 0.25) is 0 Å². The number of hydrogen-bond donors (Lipinski definition) is 2. The summed E-state index contributed by atoms with van der Waals surface area (Å²) in [5, 5.41) is 9.60. The molecule has 1 aromatic carbocycles. The second kappa shape index (κ2) is 13.7. The molecule has 0 aromatic heterocycles. The number of hydrogen-bond acceptors (Lipinski definition) is 3. The van der Waals surface area contributed by atoms with Gasteiger partial charge in [0.25, 0.3) is 0 Å². The van der Waals surface area contributed by atoms with E-state index in [0.717, 1.165) is 25.7 Å². The maximum absolute atomic E-state index is 12.8. The first-order valence-electron chi connectivity index (χ1n) is 11.2. The lowest BCUT2D eigenvalue weighted by molar-refractivity contribution is -0.147. The second-order valence-electron chi connectivity index (χ2n) is 8.96. The van der Waals surface area contributed by atoms with Gasteiger partial charge in [0.15, 0.2) is 0 Å². The minimum atomic E-state index is -3.62. The number of benzene rings is 1. The van der Waals surface area contributed by atoms with Gasteiger partial charge in [-0.3, -0.25) is 9.36 Å². The molecule has 0 radical (unpaired) electrons. The molecule has 0 bridgehead atoms. The number of amides is 1. The Kier molecular flexibility index (Phi) is 12.4. The van der Waals surface area contributed by atoms with Crippen molar-refractivity contribution < 1.29 is 24.2 Å². The Labute approximate surface area is 205 Å². The largest absolute Gasteiger partial charge is 0.480 e. The van der Waals surface area contributed by atoms with E-state index in [2.05, 4.69) is 0 Å². The summed E-state index contributed by atoms with van der Waals surface area (Å²) in [4.78, 5) is 36.2. The SMILES string of the molecule is O=C(O)[C@@H]1CC(C2CCCCC2)CN1C(=O)CP(=O)(O)CCCCc1ccccc1.S.S. The molecule has 1 aliphatic carbocycles. The minimum absolute atomic E-state index is 0. The molecular weight excluding hydrogens is 465 g/mol. The molecule has 1 saturated heterocycles. The lowest BCUT2D eigenvalue weighted by Crippen LogP contribution is -2.42. The zero-order chi connectivity index (χ0) is 21.6. The molecule has 9 heteroatoms. The fourth-order valence-corrected chi connectivity index (χ4v) is 6.52. The predicted molar refractivity (Wildman–Crippen MR) is 138 cm³/mol. The van der Waals surface area contributed by atoms with E-state index in [-0.39, 0.29) is 39.1 Å². The highest BCUT2D eigenvalue weighted by Gasteiger charge is 2.43. The minimum Gasteiger partial charge on any atom is -0.480 e. The Balaban J connectivity index is 0.00000256. The zero-order valence-corrected chi connectivity index (χ0v) is 21.5. The van der Waals surface area contributed by atoms with Crippen molar-refractivity contribution in [1.29, 1.82) is 0 Å². The number of aryl methyl sites for hydroxylation is 1. The van der Waals surface area contributed by atoms with Crippen LogP contribution < -0.4 is 0 Å². The number of rotatable bonds is 9. The fraction of sp³-hybridized carbons (Fsp3) is 0.652. The van der Waals surface area contributed by atoms with Gasteiger partial charge in [0.1, 0.15) is 12.2 Å². The molecule has 0 spiro atoms. The summed E-state index contributed by atoms with van der Waals surface area (Å²) in [6.45, 7) is 0.411. The fourth-order valence-electron chi connectivity index (χ4n) is 5.04. The highest BCUT2D eigenvalue weighted by molar-refractivity contribution is 7.59. The van der Waals surface area contributed by atoms with Gasteiger partial charge in [0.05, 0.1) is 0 Å². The highest BCUT2D eigenvalue weighted by Crippen LogP contribution is 2.43. The van der Waals surface area contributed by atoms with Crippen molar-refractivity contribution in [2.45, 2.75) is 63.8 Å². The molecule has 3 rings (SSSR count). The summed E-state index contributed by atoms with van der Waals surface area (Å²) in [7, 11) is -3.62. The molecule has 1 saturated carbocycles. The quantitative estimate of drug-likeness (QED) is 0.385. The number of aliphatic carboxylic acids is 1. The van der Waals surface area contributed by atoms with Crippen molar-refractivity contribution in [3.8, 4) is 0 Å². The van der Waals surface area contributed by atoms with Gasteiger partial charge < -0.3 is 14.9 Å². The number of likely N-dealkylation sites (tertiary alicyclic amines) is 1. The molecule has 1 amide bonds. The lowest BCUT2D eigenvalue weighted by Gasteiger charge is -2.27. The van der Waals surface area contributed by atoms with Gasteiger partial charge >= 0.3 is 5.97 Å². The van der Waals surface area contributed by atoms with Gasteiger partial charge in [0, 0.05) is 12.7 Å². The molecule has 182 valence electrons. The van der Waals surface area contributed by atoms with Crippen LogP contribution in [0.1, 0.15) is 56.9 Å². The molecule has 2 unspecified atom stereocenters. The van der Waals surface area contributed by atoms with Crippen molar-refractivity contribution >= 4 is 46.2 Å². The van der Waals surface area contributed by atoms with Gasteiger partial charge in [-0.1, -0.05) is 62.4 Å². The van der Waals surface area contributed by atoms with Crippen LogP contribution in [0.25, 0.3) is 0 Å². The summed E-state index contributed by atoms with van der Waals surface area (Å²) in [6, 6.07) is 9.11. The van der Waals surface area contributed by atoms with Crippen LogP contribution in [0.4, 0.5) is 0 Å². The molecule has 3 atom stereocenters. The van der Waals surface area contributed by atoms with Crippen LogP contribution in [0, 0.1) is 11.8 Å². The Hall–Kier alpha value is -0.950. The Bertz CT molecular complexity index is 773. The van der Waals surface area contributed by atoms with E-state index in [0.29, 0.717) is 25.3 Å². The van der Waals surface area contributed by atoms with Crippen molar-refractivity contribution in [3.05, 3.63) is 35.9 Å². The van der Waals surface area contributed by atoms with Crippen molar-refractivity contribution in [3.63, 3.8) is 0 Å². The number of carboxylic acid groups (broad SMARTS) is 1. The standard InChI is InChI=1S/C23H34NO5P.2H2S/c25-22(17-30(28,29)14-8-7-11-18-9-3-1-4-10-18)24-16-20(15-21(24)23(26)27)19-12-5-2-6-13-19;;/h1,3-4,9-10,19-21H,2,5-8,11-17H2,(H,26,27)(H,28,29);2*1H2/t20?,21-;;/m0../s1. The predicted octanol–water partition coefficient (Wildman–Crippen LogP) is 4.39.